The maximum absolute atomic E-state index is 9.06. The van der Waals surface area contributed by atoms with E-state index < -0.39 is 0 Å². The van der Waals surface area contributed by atoms with E-state index in [0.29, 0.717) is 5.56 Å². The van der Waals surface area contributed by atoms with E-state index in [1.165, 1.54) is 11.1 Å². The van der Waals surface area contributed by atoms with E-state index in [2.05, 4.69) is 90.9 Å². The molecule has 0 saturated carbocycles. The van der Waals surface area contributed by atoms with Crippen LogP contribution in [0.2, 0.25) is 0 Å². The van der Waals surface area contributed by atoms with Gasteiger partial charge < -0.3 is 4.74 Å². The first-order valence-corrected chi connectivity index (χ1v) is 9.79. The molecule has 1 unspecified atom stereocenters. The largest absolute Gasteiger partial charge is 0.488 e. The van der Waals surface area contributed by atoms with E-state index >= 15 is 0 Å². The third kappa shape index (κ3) is 5.36. The zero-order valence-electron chi connectivity index (χ0n) is 17.9. The zero-order chi connectivity index (χ0) is 20.3. The highest BCUT2D eigenvalue weighted by Crippen LogP contribution is 2.41. The Hall–Kier alpha value is -2.27. The molecule has 2 aromatic rings. The van der Waals surface area contributed by atoms with Crippen molar-refractivity contribution in [1.29, 1.82) is 5.26 Å². The van der Waals surface area contributed by atoms with Gasteiger partial charge in [-0.3, -0.25) is 0 Å². The molecule has 144 valence electrons. The molecule has 0 bridgehead atoms. The molecule has 0 heterocycles. The number of benzene rings is 2. The molecule has 0 fully saturated rings. The normalized spacial score (nSPS) is 14.3. The van der Waals surface area contributed by atoms with Gasteiger partial charge in [0.15, 0.2) is 0 Å². The molecule has 2 heteroatoms. The lowest BCUT2D eigenvalue weighted by atomic mass is 9.66. The summed E-state index contributed by atoms with van der Waals surface area (Å²) in [6, 6.07) is 18.8. The van der Waals surface area contributed by atoms with E-state index in [0.717, 1.165) is 18.6 Å². The first kappa shape index (κ1) is 21.0. The molecule has 2 rings (SSSR count). The predicted octanol–water partition coefficient (Wildman–Crippen LogP) is 6.77. The molecule has 0 spiro atoms. The Balaban J connectivity index is 2.25. The molecule has 0 saturated heterocycles. The average Bonchev–Trinajstić information content (AvgIpc) is 2.60. The number of hydrogen-bond donors (Lipinski definition) is 0. The Labute approximate surface area is 165 Å². The Morgan fingerprint density at radius 2 is 1.33 bits per heavy atom. The maximum atomic E-state index is 9.06. The lowest BCUT2D eigenvalue weighted by Gasteiger charge is -2.38. The molecule has 2 aromatic carbocycles. The summed E-state index contributed by atoms with van der Waals surface area (Å²) in [5, 5.41) is 9.06. The quantitative estimate of drug-likeness (QED) is 0.567. The summed E-state index contributed by atoms with van der Waals surface area (Å²) >= 11 is 0. The van der Waals surface area contributed by atoms with Gasteiger partial charge in [-0.1, -0.05) is 52.0 Å². The molecular weight excluding hydrogens is 330 g/mol. The van der Waals surface area contributed by atoms with E-state index in [1.807, 2.05) is 12.1 Å². The van der Waals surface area contributed by atoms with Crippen LogP contribution in [0.3, 0.4) is 0 Å². The fourth-order valence-corrected chi connectivity index (χ4v) is 3.78. The summed E-state index contributed by atoms with van der Waals surface area (Å²) in [6.07, 6.45) is 2.08. The van der Waals surface area contributed by atoms with Crippen molar-refractivity contribution < 1.29 is 4.74 Å². The van der Waals surface area contributed by atoms with Gasteiger partial charge in [-0.15, -0.1) is 0 Å². The Kier molecular flexibility index (Phi) is 6.05. The highest BCUT2D eigenvalue weighted by molar-refractivity contribution is 5.37. The SMILES string of the molecule is CCC(C)(CC(C)(C)c1ccc(OC(C)(C)C)cc1)c1ccc(C#N)cc1. The summed E-state index contributed by atoms with van der Waals surface area (Å²) in [7, 11) is 0. The fraction of sp³-hybridized carbons (Fsp3) is 0.480. The summed E-state index contributed by atoms with van der Waals surface area (Å²) < 4.78 is 5.96. The Bertz CT molecular complexity index is 788. The molecule has 0 aliphatic heterocycles. The second-order valence-corrected chi connectivity index (χ2v) is 9.40. The fourth-order valence-electron chi connectivity index (χ4n) is 3.78. The van der Waals surface area contributed by atoms with Gasteiger partial charge in [0.1, 0.15) is 11.4 Å². The lowest BCUT2D eigenvalue weighted by Crippen LogP contribution is -2.31. The first-order chi connectivity index (χ1) is 12.5. The summed E-state index contributed by atoms with van der Waals surface area (Å²) in [6.45, 7) is 15.4. The Morgan fingerprint density at radius 3 is 1.78 bits per heavy atom. The van der Waals surface area contributed by atoms with Gasteiger partial charge in [0.2, 0.25) is 0 Å². The minimum Gasteiger partial charge on any atom is -0.488 e. The van der Waals surface area contributed by atoms with Crippen molar-refractivity contribution in [3.8, 4) is 11.8 Å². The molecule has 27 heavy (non-hydrogen) atoms. The summed E-state index contributed by atoms with van der Waals surface area (Å²) in [5.41, 5.74) is 3.22. The van der Waals surface area contributed by atoms with Crippen molar-refractivity contribution in [2.45, 2.75) is 77.7 Å². The molecule has 0 aliphatic carbocycles. The molecule has 2 nitrogen and oxygen atoms in total. The zero-order valence-corrected chi connectivity index (χ0v) is 17.9. The van der Waals surface area contributed by atoms with Crippen molar-refractivity contribution in [2.24, 2.45) is 0 Å². The summed E-state index contributed by atoms with van der Waals surface area (Å²) in [5.74, 6) is 0.910. The van der Waals surface area contributed by atoms with Crippen LogP contribution in [0.5, 0.6) is 5.75 Å². The number of nitriles is 1. The topological polar surface area (TPSA) is 33.0 Å². The van der Waals surface area contributed by atoms with Crippen LogP contribution in [-0.2, 0) is 10.8 Å². The van der Waals surface area contributed by atoms with Crippen LogP contribution in [0.25, 0.3) is 0 Å². The highest BCUT2D eigenvalue weighted by Gasteiger charge is 2.33. The minimum atomic E-state index is -0.187. The third-order valence-corrected chi connectivity index (χ3v) is 5.38. The molecule has 0 radical (unpaired) electrons. The van der Waals surface area contributed by atoms with Crippen LogP contribution in [-0.4, -0.2) is 5.60 Å². The van der Waals surface area contributed by atoms with Crippen molar-refractivity contribution in [3.63, 3.8) is 0 Å². The molecule has 0 aliphatic rings. The van der Waals surface area contributed by atoms with Crippen molar-refractivity contribution in [2.75, 3.05) is 0 Å². The van der Waals surface area contributed by atoms with Crippen molar-refractivity contribution in [1.82, 2.24) is 0 Å². The third-order valence-electron chi connectivity index (χ3n) is 5.38. The lowest BCUT2D eigenvalue weighted by molar-refractivity contribution is 0.131. The molecule has 0 amide bonds. The van der Waals surface area contributed by atoms with E-state index in [9.17, 15) is 0 Å². The molecule has 1 atom stereocenters. The summed E-state index contributed by atoms with van der Waals surface area (Å²) in [4.78, 5) is 0. The van der Waals surface area contributed by atoms with E-state index in [1.54, 1.807) is 0 Å². The van der Waals surface area contributed by atoms with Gasteiger partial charge in [-0.2, -0.15) is 5.26 Å². The number of ether oxygens (including phenoxy) is 1. The smallest absolute Gasteiger partial charge is 0.120 e. The van der Waals surface area contributed by atoms with Crippen LogP contribution in [0.1, 0.15) is 78.0 Å². The maximum Gasteiger partial charge on any atom is 0.120 e. The van der Waals surface area contributed by atoms with Crippen LogP contribution in [0.4, 0.5) is 0 Å². The second kappa shape index (κ2) is 7.77. The second-order valence-electron chi connectivity index (χ2n) is 9.40. The molecule has 0 N–H and O–H groups in total. The number of hydrogen-bond acceptors (Lipinski definition) is 2. The Morgan fingerprint density at radius 1 is 0.815 bits per heavy atom. The van der Waals surface area contributed by atoms with E-state index in [4.69, 9.17) is 10.00 Å². The molecular formula is C25H33NO. The standard InChI is InChI=1S/C25H33NO/c1-8-25(7,21-11-9-19(17-26)10-12-21)18-24(5,6)20-13-15-22(16-14-20)27-23(2,3)4/h9-16H,8,18H2,1-7H3. The van der Waals surface area contributed by atoms with E-state index in [-0.39, 0.29) is 16.4 Å². The molecule has 0 aromatic heterocycles. The number of nitrogens with zero attached hydrogens (tertiary/aromatic N) is 1. The average molecular weight is 364 g/mol. The van der Waals surface area contributed by atoms with Gasteiger partial charge in [-0.05, 0) is 79.8 Å². The van der Waals surface area contributed by atoms with Crippen LogP contribution >= 0.6 is 0 Å². The van der Waals surface area contributed by atoms with Gasteiger partial charge >= 0.3 is 0 Å². The highest BCUT2D eigenvalue weighted by atomic mass is 16.5. The van der Waals surface area contributed by atoms with Crippen molar-refractivity contribution in [3.05, 3.63) is 65.2 Å². The van der Waals surface area contributed by atoms with Gasteiger partial charge in [0.25, 0.3) is 0 Å². The monoisotopic (exact) mass is 363 g/mol. The number of rotatable bonds is 6. The van der Waals surface area contributed by atoms with Crippen LogP contribution in [0, 0.1) is 11.3 Å². The van der Waals surface area contributed by atoms with Gasteiger partial charge in [0.05, 0.1) is 11.6 Å². The van der Waals surface area contributed by atoms with Gasteiger partial charge in [-0.25, -0.2) is 0 Å². The minimum absolute atomic E-state index is 0.0267. The first-order valence-electron chi connectivity index (χ1n) is 9.79. The van der Waals surface area contributed by atoms with Crippen molar-refractivity contribution >= 4 is 0 Å². The van der Waals surface area contributed by atoms with Crippen LogP contribution in [0.15, 0.2) is 48.5 Å². The van der Waals surface area contributed by atoms with Crippen LogP contribution < -0.4 is 4.74 Å². The van der Waals surface area contributed by atoms with Gasteiger partial charge in [0, 0.05) is 0 Å². The predicted molar refractivity (Wildman–Crippen MR) is 113 cm³/mol.